The summed E-state index contributed by atoms with van der Waals surface area (Å²) in [7, 11) is 1.61. The lowest BCUT2D eigenvalue weighted by molar-refractivity contribution is -0.121. The van der Waals surface area contributed by atoms with Crippen LogP contribution in [0.25, 0.3) is 0 Å². The molecule has 19 heavy (non-hydrogen) atoms. The number of para-hydroxylation sites is 1. The molecule has 0 radical (unpaired) electrons. The number of nitrogens with one attached hydrogen (secondary N) is 1. The molecule has 0 aliphatic rings. The lowest BCUT2D eigenvalue weighted by Gasteiger charge is -2.17. The zero-order valence-corrected chi connectivity index (χ0v) is 11.8. The number of hydrogen-bond acceptors (Lipinski definition) is 3. The van der Waals surface area contributed by atoms with Crippen molar-refractivity contribution in [2.75, 3.05) is 13.7 Å². The van der Waals surface area contributed by atoms with E-state index < -0.39 is 0 Å². The summed E-state index contributed by atoms with van der Waals surface area (Å²) < 4.78 is 5.24. The normalized spacial score (nSPS) is 11.9. The van der Waals surface area contributed by atoms with E-state index in [1.807, 2.05) is 24.3 Å². The Morgan fingerprint density at radius 3 is 2.79 bits per heavy atom. The fourth-order valence-electron chi connectivity index (χ4n) is 2.00. The molecule has 1 aromatic rings. The first kappa shape index (κ1) is 15.5. The van der Waals surface area contributed by atoms with E-state index in [9.17, 15) is 4.79 Å². The van der Waals surface area contributed by atoms with E-state index in [0.717, 1.165) is 30.6 Å². The van der Waals surface area contributed by atoms with Gasteiger partial charge in [-0.1, -0.05) is 38.0 Å². The van der Waals surface area contributed by atoms with Crippen molar-refractivity contribution in [3.05, 3.63) is 29.8 Å². The van der Waals surface area contributed by atoms with E-state index in [2.05, 4.69) is 12.2 Å². The van der Waals surface area contributed by atoms with E-state index in [-0.39, 0.29) is 11.9 Å². The van der Waals surface area contributed by atoms with Gasteiger partial charge < -0.3 is 15.8 Å². The Hall–Kier alpha value is -1.55. The Balaban J connectivity index is 2.54. The van der Waals surface area contributed by atoms with Crippen LogP contribution in [-0.2, 0) is 11.2 Å². The Bertz CT molecular complexity index is 393. The molecule has 0 aliphatic heterocycles. The summed E-state index contributed by atoms with van der Waals surface area (Å²) in [5.74, 6) is 0.742. The minimum atomic E-state index is -0.00365. The molecule has 0 spiro atoms. The highest BCUT2D eigenvalue weighted by atomic mass is 16.5. The van der Waals surface area contributed by atoms with Crippen molar-refractivity contribution in [2.45, 2.75) is 38.6 Å². The number of hydrogen-bond donors (Lipinski definition) is 2. The molecule has 0 heterocycles. The van der Waals surface area contributed by atoms with Crippen molar-refractivity contribution in [3.63, 3.8) is 0 Å². The summed E-state index contributed by atoms with van der Waals surface area (Å²) in [4.78, 5) is 12.0. The number of unbranched alkanes of at least 4 members (excludes halogenated alkanes) is 1. The molecular weight excluding hydrogens is 240 g/mol. The second kappa shape index (κ2) is 8.53. The summed E-state index contributed by atoms with van der Waals surface area (Å²) in [6.07, 6.45) is 3.45. The minimum absolute atomic E-state index is 0.00365. The van der Waals surface area contributed by atoms with Crippen molar-refractivity contribution in [1.82, 2.24) is 5.32 Å². The number of nitrogens with two attached hydrogens (primary N) is 1. The summed E-state index contributed by atoms with van der Waals surface area (Å²) in [6, 6.07) is 7.64. The van der Waals surface area contributed by atoms with E-state index >= 15 is 0 Å². The van der Waals surface area contributed by atoms with Gasteiger partial charge in [-0.3, -0.25) is 4.79 Å². The summed E-state index contributed by atoms with van der Waals surface area (Å²) in [5, 5.41) is 2.98. The molecule has 106 valence electrons. The molecule has 1 unspecified atom stereocenters. The number of methoxy groups -OCH3 is 1. The molecule has 4 heteroatoms. The maximum atomic E-state index is 12.0. The summed E-state index contributed by atoms with van der Waals surface area (Å²) in [6.45, 7) is 2.61. The summed E-state index contributed by atoms with van der Waals surface area (Å²) in [5.41, 5.74) is 6.57. The van der Waals surface area contributed by atoms with Crippen molar-refractivity contribution in [2.24, 2.45) is 5.73 Å². The standard InChI is InChI=1S/C15H24N2O2/c1-3-4-8-13(11-16)17-15(18)10-12-7-5-6-9-14(12)19-2/h5-7,9,13H,3-4,8,10-11,16H2,1-2H3,(H,17,18). The van der Waals surface area contributed by atoms with E-state index in [1.54, 1.807) is 7.11 Å². The predicted molar refractivity (Wildman–Crippen MR) is 77.2 cm³/mol. The zero-order valence-electron chi connectivity index (χ0n) is 11.8. The van der Waals surface area contributed by atoms with Crippen LogP contribution in [0.2, 0.25) is 0 Å². The molecule has 1 aromatic carbocycles. The third-order valence-electron chi connectivity index (χ3n) is 3.10. The monoisotopic (exact) mass is 264 g/mol. The van der Waals surface area contributed by atoms with Crippen LogP contribution in [-0.4, -0.2) is 25.6 Å². The second-order valence-electron chi connectivity index (χ2n) is 4.63. The molecule has 1 atom stereocenters. The first-order valence-corrected chi connectivity index (χ1v) is 6.82. The smallest absolute Gasteiger partial charge is 0.224 e. The van der Waals surface area contributed by atoms with Gasteiger partial charge in [0.1, 0.15) is 5.75 Å². The van der Waals surface area contributed by atoms with Gasteiger partial charge in [0, 0.05) is 18.2 Å². The quantitative estimate of drug-likeness (QED) is 0.753. The lowest BCUT2D eigenvalue weighted by Crippen LogP contribution is -2.40. The Morgan fingerprint density at radius 2 is 2.16 bits per heavy atom. The van der Waals surface area contributed by atoms with Gasteiger partial charge in [-0.25, -0.2) is 0 Å². The fourth-order valence-corrected chi connectivity index (χ4v) is 2.00. The van der Waals surface area contributed by atoms with Gasteiger partial charge in [-0.05, 0) is 12.5 Å². The van der Waals surface area contributed by atoms with Crippen LogP contribution in [0.3, 0.4) is 0 Å². The van der Waals surface area contributed by atoms with Gasteiger partial charge in [0.05, 0.1) is 13.5 Å². The molecule has 4 nitrogen and oxygen atoms in total. The topological polar surface area (TPSA) is 64.3 Å². The third-order valence-corrected chi connectivity index (χ3v) is 3.10. The molecule has 0 aromatic heterocycles. The number of rotatable bonds is 8. The van der Waals surface area contributed by atoms with Crippen molar-refractivity contribution >= 4 is 5.91 Å². The van der Waals surface area contributed by atoms with E-state index in [0.29, 0.717) is 13.0 Å². The minimum Gasteiger partial charge on any atom is -0.496 e. The molecule has 1 amide bonds. The Kier molecular flexibility index (Phi) is 6.97. The van der Waals surface area contributed by atoms with Crippen molar-refractivity contribution in [1.29, 1.82) is 0 Å². The van der Waals surface area contributed by atoms with Gasteiger partial charge in [0.2, 0.25) is 5.91 Å². The molecule has 3 N–H and O–H groups in total. The highest BCUT2D eigenvalue weighted by molar-refractivity contribution is 5.79. The van der Waals surface area contributed by atoms with Gasteiger partial charge in [0.25, 0.3) is 0 Å². The zero-order chi connectivity index (χ0) is 14.1. The molecule has 1 rings (SSSR count). The first-order valence-electron chi connectivity index (χ1n) is 6.82. The number of benzene rings is 1. The van der Waals surface area contributed by atoms with Crippen LogP contribution >= 0.6 is 0 Å². The molecule has 0 saturated carbocycles. The average Bonchev–Trinajstić information content (AvgIpc) is 2.44. The average molecular weight is 264 g/mol. The molecule has 0 fully saturated rings. The molecule has 0 aliphatic carbocycles. The highest BCUT2D eigenvalue weighted by Crippen LogP contribution is 2.17. The van der Waals surface area contributed by atoms with Crippen LogP contribution in [0.5, 0.6) is 5.75 Å². The number of ether oxygens (including phenoxy) is 1. The van der Waals surface area contributed by atoms with Gasteiger partial charge >= 0.3 is 0 Å². The van der Waals surface area contributed by atoms with Crippen molar-refractivity contribution in [3.8, 4) is 5.75 Å². The molecule has 0 saturated heterocycles. The van der Waals surface area contributed by atoms with E-state index in [1.165, 1.54) is 0 Å². The largest absolute Gasteiger partial charge is 0.496 e. The molecule has 0 bridgehead atoms. The van der Waals surface area contributed by atoms with Crippen LogP contribution in [0, 0.1) is 0 Å². The SMILES string of the molecule is CCCCC(CN)NC(=O)Cc1ccccc1OC. The lowest BCUT2D eigenvalue weighted by atomic mass is 10.1. The van der Waals surface area contributed by atoms with Crippen LogP contribution < -0.4 is 15.8 Å². The molecular formula is C15H24N2O2. The Labute approximate surface area is 115 Å². The van der Waals surface area contributed by atoms with Gasteiger partial charge in [-0.2, -0.15) is 0 Å². The maximum absolute atomic E-state index is 12.0. The van der Waals surface area contributed by atoms with Crippen LogP contribution in [0.15, 0.2) is 24.3 Å². The van der Waals surface area contributed by atoms with Crippen molar-refractivity contribution < 1.29 is 9.53 Å². The predicted octanol–water partition coefficient (Wildman–Crippen LogP) is 1.87. The Morgan fingerprint density at radius 1 is 1.42 bits per heavy atom. The maximum Gasteiger partial charge on any atom is 0.224 e. The fraction of sp³-hybridized carbons (Fsp3) is 0.533. The highest BCUT2D eigenvalue weighted by Gasteiger charge is 2.12. The van der Waals surface area contributed by atoms with Crippen LogP contribution in [0.4, 0.5) is 0 Å². The van der Waals surface area contributed by atoms with Crippen LogP contribution in [0.1, 0.15) is 31.7 Å². The number of carbonyl (C=O) groups is 1. The number of amides is 1. The van der Waals surface area contributed by atoms with Gasteiger partial charge in [-0.15, -0.1) is 0 Å². The van der Waals surface area contributed by atoms with Gasteiger partial charge in [0.15, 0.2) is 0 Å². The third kappa shape index (κ3) is 5.30. The first-order chi connectivity index (χ1) is 9.21. The second-order valence-corrected chi connectivity index (χ2v) is 4.63. The summed E-state index contributed by atoms with van der Waals surface area (Å²) >= 11 is 0. The van der Waals surface area contributed by atoms with E-state index in [4.69, 9.17) is 10.5 Å². The number of carbonyl (C=O) groups excluding carboxylic acids is 1.